The summed E-state index contributed by atoms with van der Waals surface area (Å²) in [6, 6.07) is 15.8. The molecule has 0 saturated carbocycles. The summed E-state index contributed by atoms with van der Waals surface area (Å²) < 4.78 is 19.4. The van der Waals surface area contributed by atoms with Gasteiger partial charge in [-0.1, -0.05) is 46.9 Å². The predicted molar refractivity (Wildman–Crippen MR) is 154 cm³/mol. The molecule has 1 aromatic carbocycles. The first kappa shape index (κ1) is 26.9. The third-order valence-corrected chi connectivity index (χ3v) is 5.93. The minimum Gasteiger partial charge on any atom is -0.495 e. The van der Waals surface area contributed by atoms with E-state index in [9.17, 15) is 4.79 Å². The number of alkyl halides is 1. The van der Waals surface area contributed by atoms with Gasteiger partial charge in [-0.3, -0.25) is 4.90 Å². The normalized spacial score (nSPS) is 11.5. The van der Waals surface area contributed by atoms with Gasteiger partial charge < -0.3 is 18.6 Å². The fourth-order valence-corrected chi connectivity index (χ4v) is 4.05. The Kier molecular flexibility index (Phi) is 8.65. The van der Waals surface area contributed by atoms with Crippen LogP contribution in [0.2, 0.25) is 0 Å². The number of methoxy groups -OCH3 is 1. The Morgan fingerprint density at radius 1 is 1.00 bits per heavy atom. The van der Waals surface area contributed by atoms with Gasteiger partial charge in [0.15, 0.2) is 0 Å². The van der Waals surface area contributed by atoms with Crippen LogP contribution in [0.5, 0.6) is 5.75 Å². The zero-order chi connectivity index (χ0) is 26.4. The summed E-state index contributed by atoms with van der Waals surface area (Å²) in [5.41, 5.74) is 4.06. The van der Waals surface area contributed by atoms with Gasteiger partial charge in [-0.15, -0.1) is 0 Å². The number of halogens is 1. The number of hydrogen-bond donors (Lipinski definition) is 0. The Morgan fingerprint density at radius 3 is 2.46 bits per heavy atom. The molecular formula is C28H31IN4O4. The lowest BCUT2D eigenvalue weighted by atomic mass is 10.0. The maximum Gasteiger partial charge on any atom is 0.416 e. The van der Waals surface area contributed by atoms with Crippen LogP contribution >= 0.6 is 22.6 Å². The number of carbonyl (C=O) groups excluding carboxylic acids is 1. The molecule has 3 heterocycles. The molecule has 0 aliphatic rings. The van der Waals surface area contributed by atoms with Crippen molar-refractivity contribution < 1.29 is 19.0 Å². The van der Waals surface area contributed by atoms with Crippen LogP contribution in [0.3, 0.4) is 0 Å². The lowest BCUT2D eigenvalue weighted by Gasteiger charge is -2.27. The topological polar surface area (TPSA) is 78.2 Å². The monoisotopic (exact) mass is 614 g/mol. The fourth-order valence-electron chi connectivity index (χ4n) is 3.74. The van der Waals surface area contributed by atoms with E-state index in [0.29, 0.717) is 25.6 Å². The number of anilines is 1. The molecule has 0 bridgehead atoms. The number of pyridine rings is 2. The van der Waals surface area contributed by atoms with Crippen molar-refractivity contribution in [1.29, 1.82) is 0 Å². The Morgan fingerprint density at radius 2 is 1.76 bits per heavy atom. The molecule has 3 aromatic heterocycles. The van der Waals surface area contributed by atoms with Gasteiger partial charge in [0.1, 0.15) is 22.8 Å². The predicted octanol–water partition coefficient (Wildman–Crippen LogP) is 6.27. The molecule has 4 rings (SSSR count). The zero-order valence-corrected chi connectivity index (χ0v) is 23.6. The zero-order valence-electron chi connectivity index (χ0n) is 21.5. The van der Waals surface area contributed by atoms with Crippen molar-refractivity contribution in [1.82, 2.24) is 14.4 Å². The number of fused-ring (bicyclic) bond motifs is 1. The number of aromatic nitrogens is 3. The summed E-state index contributed by atoms with van der Waals surface area (Å²) in [5.74, 6) is 1.29. The van der Waals surface area contributed by atoms with E-state index in [0.717, 1.165) is 38.2 Å². The van der Waals surface area contributed by atoms with Gasteiger partial charge in [-0.05, 0) is 56.2 Å². The van der Waals surface area contributed by atoms with Crippen molar-refractivity contribution in [2.45, 2.75) is 26.4 Å². The number of hydrogen-bond acceptors (Lipinski definition) is 6. The highest BCUT2D eigenvalue weighted by atomic mass is 127. The third-order valence-electron chi connectivity index (χ3n) is 5.49. The maximum absolute atomic E-state index is 13.0. The number of ether oxygens (including phenoxy) is 3. The van der Waals surface area contributed by atoms with Crippen LogP contribution in [0.4, 0.5) is 10.6 Å². The third kappa shape index (κ3) is 6.98. The van der Waals surface area contributed by atoms with Crippen molar-refractivity contribution in [3.8, 4) is 28.1 Å². The van der Waals surface area contributed by atoms with E-state index in [4.69, 9.17) is 19.2 Å². The van der Waals surface area contributed by atoms with Crippen LogP contribution in [0, 0.1) is 0 Å². The van der Waals surface area contributed by atoms with E-state index in [2.05, 4.69) is 27.6 Å². The fraction of sp³-hybridized carbons (Fsp3) is 0.321. The smallest absolute Gasteiger partial charge is 0.416 e. The Bertz CT molecular complexity index is 1350. The Labute approximate surface area is 230 Å². The summed E-state index contributed by atoms with van der Waals surface area (Å²) in [6.45, 7) is 6.91. The average molecular weight is 614 g/mol. The van der Waals surface area contributed by atoms with Crippen molar-refractivity contribution in [2.75, 3.05) is 36.2 Å². The molecule has 0 aliphatic carbocycles. The lowest BCUT2D eigenvalue weighted by Crippen LogP contribution is -2.39. The molecule has 0 atom stereocenters. The van der Waals surface area contributed by atoms with Crippen LogP contribution in [0.1, 0.15) is 20.8 Å². The van der Waals surface area contributed by atoms with E-state index >= 15 is 0 Å². The SMILES string of the molecule is COc1ccc2nc(-c3ccc(-c4ccnc(N(CCOCCI)C(=O)OC(C)(C)C)c4)cc3)cn2c1. The van der Waals surface area contributed by atoms with Crippen molar-refractivity contribution in [3.05, 3.63) is 67.1 Å². The molecule has 8 nitrogen and oxygen atoms in total. The van der Waals surface area contributed by atoms with E-state index in [1.807, 2.05) is 86.1 Å². The van der Waals surface area contributed by atoms with Crippen LogP contribution in [0.25, 0.3) is 28.0 Å². The molecule has 194 valence electrons. The van der Waals surface area contributed by atoms with Gasteiger partial charge in [-0.25, -0.2) is 14.8 Å². The summed E-state index contributed by atoms with van der Waals surface area (Å²) in [4.78, 5) is 23.7. The first-order valence-corrected chi connectivity index (χ1v) is 13.5. The first-order chi connectivity index (χ1) is 17.8. The molecule has 37 heavy (non-hydrogen) atoms. The van der Waals surface area contributed by atoms with Crippen LogP contribution in [-0.2, 0) is 9.47 Å². The number of rotatable bonds is 9. The minimum absolute atomic E-state index is 0.347. The molecule has 9 heteroatoms. The molecule has 0 spiro atoms. The molecule has 0 N–H and O–H groups in total. The van der Waals surface area contributed by atoms with Gasteiger partial charge in [-0.2, -0.15) is 0 Å². The molecule has 0 radical (unpaired) electrons. The highest BCUT2D eigenvalue weighted by Gasteiger charge is 2.24. The lowest BCUT2D eigenvalue weighted by molar-refractivity contribution is 0.0562. The van der Waals surface area contributed by atoms with Crippen LogP contribution in [0.15, 0.2) is 67.1 Å². The van der Waals surface area contributed by atoms with Crippen LogP contribution < -0.4 is 9.64 Å². The quantitative estimate of drug-likeness (QED) is 0.126. The maximum atomic E-state index is 13.0. The van der Waals surface area contributed by atoms with Gasteiger partial charge in [0.25, 0.3) is 0 Å². The molecule has 1 amide bonds. The number of nitrogens with zero attached hydrogens (tertiary/aromatic N) is 4. The van der Waals surface area contributed by atoms with Crippen molar-refractivity contribution in [2.24, 2.45) is 0 Å². The molecular weight excluding hydrogens is 583 g/mol. The highest BCUT2D eigenvalue weighted by molar-refractivity contribution is 14.1. The van der Waals surface area contributed by atoms with Gasteiger partial charge in [0.2, 0.25) is 0 Å². The summed E-state index contributed by atoms with van der Waals surface area (Å²) in [6.07, 6.45) is 5.14. The molecule has 0 fully saturated rings. The summed E-state index contributed by atoms with van der Waals surface area (Å²) in [5, 5.41) is 0. The van der Waals surface area contributed by atoms with Gasteiger partial charge in [0.05, 0.1) is 38.8 Å². The second-order valence-corrected chi connectivity index (χ2v) is 10.5. The van der Waals surface area contributed by atoms with Crippen LogP contribution in [-0.4, -0.2) is 57.4 Å². The summed E-state index contributed by atoms with van der Waals surface area (Å²) >= 11 is 2.26. The Balaban J connectivity index is 1.57. The second-order valence-electron chi connectivity index (χ2n) is 9.37. The average Bonchev–Trinajstić information content (AvgIpc) is 3.31. The molecule has 0 saturated heterocycles. The van der Waals surface area contributed by atoms with Gasteiger partial charge >= 0.3 is 6.09 Å². The number of carbonyl (C=O) groups is 1. The van der Waals surface area contributed by atoms with Gasteiger partial charge in [0, 0.05) is 22.4 Å². The Hall–Kier alpha value is -3.18. The number of amides is 1. The molecule has 0 unspecified atom stereocenters. The largest absolute Gasteiger partial charge is 0.495 e. The molecule has 0 aliphatic heterocycles. The molecule has 4 aromatic rings. The van der Waals surface area contributed by atoms with E-state index in [-0.39, 0.29) is 0 Å². The van der Waals surface area contributed by atoms with E-state index in [1.54, 1.807) is 13.3 Å². The number of benzene rings is 1. The van der Waals surface area contributed by atoms with Crippen molar-refractivity contribution in [3.63, 3.8) is 0 Å². The summed E-state index contributed by atoms with van der Waals surface area (Å²) in [7, 11) is 1.65. The standard InChI is InChI=1S/C28H31IN4O4/c1-28(2,3)37-27(34)33(14-16-36-15-12-29)26-17-22(11-13-30-26)20-5-7-21(8-6-20)24-19-32-18-23(35-4)9-10-25(32)31-24/h5-11,13,17-19H,12,14-16H2,1-4H3. The van der Waals surface area contributed by atoms with E-state index in [1.165, 1.54) is 4.90 Å². The van der Waals surface area contributed by atoms with Crippen molar-refractivity contribution >= 4 is 40.1 Å². The number of imidazole rings is 1. The minimum atomic E-state index is -0.616. The van der Waals surface area contributed by atoms with E-state index < -0.39 is 11.7 Å². The first-order valence-electron chi connectivity index (χ1n) is 12.0. The second kappa shape index (κ2) is 11.9. The highest BCUT2D eigenvalue weighted by Crippen LogP contribution is 2.28.